The van der Waals surface area contributed by atoms with Crippen molar-refractivity contribution in [3.8, 4) is 0 Å². The Bertz CT molecular complexity index is 717. The number of likely N-dealkylation sites (tertiary alicyclic amines) is 1. The van der Waals surface area contributed by atoms with Gasteiger partial charge >= 0.3 is 0 Å². The van der Waals surface area contributed by atoms with Gasteiger partial charge in [-0.05, 0) is 44.7 Å². The van der Waals surface area contributed by atoms with E-state index in [1.165, 1.54) is 5.56 Å². The van der Waals surface area contributed by atoms with E-state index in [4.69, 9.17) is 0 Å². The number of carbonyl (C=O) groups is 1. The molecule has 0 unspecified atom stereocenters. The SMILES string of the molecule is Cc1ncc(C(=O)NC[C@H]2CCN(CCc3ccccc3)C2)c(C)n1. The third-order valence-electron chi connectivity index (χ3n) is 4.83. The Hall–Kier alpha value is -2.27. The maximum Gasteiger partial charge on any atom is 0.254 e. The maximum absolute atomic E-state index is 12.3. The molecule has 5 nitrogen and oxygen atoms in total. The highest BCUT2D eigenvalue weighted by Crippen LogP contribution is 2.16. The Morgan fingerprint density at radius 2 is 2.08 bits per heavy atom. The topological polar surface area (TPSA) is 58.1 Å². The van der Waals surface area contributed by atoms with Crippen LogP contribution in [0.3, 0.4) is 0 Å². The van der Waals surface area contributed by atoms with Gasteiger partial charge in [0, 0.05) is 25.8 Å². The van der Waals surface area contributed by atoms with Gasteiger partial charge in [0.2, 0.25) is 0 Å². The molecule has 5 heteroatoms. The maximum atomic E-state index is 12.3. The van der Waals surface area contributed by atoms with Gasteiger partial charge < -0.3 is 10.2 Å². The highest BCUT2D eigenvalue weighted by Gasteiger charge is 2.23. The molecule has 1 amide bonds. The summed E-state index contributed by atoms with van der Waals surface area (Å²) >= 11 is 0. The van der Waals surface area contributed by atoms with Crippen LogP contribution >= 0.6 is 0 Å². The first-order chi connectivity index (χ1) is 12.1. The Morgan fingerprint density at radius 1 is 1.28 bits per heavy atom. The first-order valence-corrected chi connectivity index (χ1v) is 8.96. The number of hydrogen-bond acceptors (Lipinski definition) is 4. The molecule has 1 aromatic heterocycles. The first-order valence-electron chi connectivity index (χ1n) is 8.96. The molecular formula is C20H26N4O. The second-order valence-electron chi connectivity index (χ2n) is 6.82. The lowest BCUT2D eigenvalue weighted by Crippen LogP contribution is -2.32. The number of nitrogens with one attached hydrogen (secondary N) is 1. The average Bonchev–Trinajstić information content (AvgIpc) is 3.07. The number of carbonyl (C=O) groups excluding carboxylic acids is 1. The fourth-order valence-corrected chi connectivity index (χ4v) is 3.35. The number of benzene rings is 1. The van der Waals surface area contributed by atoms with Crippen molar-refractivity contribution in [2.24, 2.45) is 5.92 Å². The summed E-state index contributed by atoms with van der Waals surface area (Å²) < 4.78 is 0. The van der Waals surface area contributed by atoms with Gasteiger partial charge in [0.05, 0.1) is 11.3 Å². The van der Waals surface area contributed by atoms with E-state index >= 15 is 0 Å². The Morgan fingerprint density at radius 3 is 2.84 bits per heavy atom. The molecule has 1 N–H and O–H groups in total. The largest absolute Gasteiger partial charge is 0.352 e. The minimum atomic E-state index is -0.0692. The molecule has 25 heavy (non-hydrogen) atoms. The van der Waals surface area contributed by atoms with Gasteiger partial charge in [-0.2, -0.15) is 0 Å². The van der Waals surface area contributed by atoms with Gasteiger partial charge in [0.15, 0.2) is 0 Å². The van der Waals surface area contributed by atoms with Gasteiger partial charge in [-0.1, -0.05) is 30.3 Å². The number of hydrogen-bond donors (Lipinski definition) is 1. The number of aromatic nitrogens is 2. The summed E-state index contributed by atoms with van der Waals surface area (Å²) in [6.07, 6.45) is 3.84. The van der Waals surface area contributed by atoms with Crippen molar-refractivity contribution in [3.63, 3.8) is 0 Å². The molecule has 0 aliphatic carbocycles. The van der Waals surface area contributed by atoms with E-state index in [-0.39, 0.29) is 5.91 Å². The zero-order valence-corrected chi connectivity index (χ0v) is 15.0. The molecule has 3 rings (SSSR count). The third kappa shape index (κ3) is 4.86. The molecular weight excluding hydrogens is 312 g/mol. The van der Waals surface area contributed by atoms with Gasteiger partial charge in [-0.25, -0.2) is 9.97 Å². The molecule has 1 aliphatic heterocycles. The van der Waals surface area contributed by atoms with Crippen LogP contribution in [0.15, 0.2) is 36.5 Å². The summed E-state index contributed by atoms with van der Waals surface area (Å²) in [5, 5.41) is 3.05. The van der Waals surface area contributed by atoms with Gasteiger partial charge in [0.1, 0.15) is 5.82 Å². The molecule has 2 aromatic rings. The molecule has 1 aliphatic rings. The molecule has 2 heterocycles. The van der Waals surface area contributed by atoms with E-state index in [0.29, 0.717) is 23.9 Å². The predicted molar refractivity (Wildman–Crippen MR) is 98.5 cm³/mol. The van der Waals surface area contributed by atoms with Crippen molar-refractivity contribution < 1.29 is 4.79 Å². The van der Waals surface area contributed by atoms with E-state index in [9.17, 15) is 4.79 Å². The van der Waals surface area contributed by atoms with Crippen molar-refractivity contribution in [2.75, 3.05) is 26.2 Å². The number of nitrogens with zero attached hydrogens (tertiary/aromatic N) is 3. The Kier molecular flexibility index (Phi) is 5.76. The molecule has 0 bridgehead atoms. The number of aryl methyl sites for hydroxylation is 2. The standard InChI is InChI=1S/C20H26N4O/c1-15-19(13-21-16(2)23-15)20(25)22-12-18-9-11-24(14-18)10-8-17-6-4-3-5-7-17/h3-7,13,18H,8-12,14H2,1-2H3,(H,22,25)/t18-/m1/s1. The van der Waals surface area contributed by atoms with Crippen LogP contribution in [0.25, 0.3) is 0 Å². The van der Waals surface area contributed by atoms with Gasteiger partial charge in [0.25, 0.3) is 5.91 Å². The quantitative estimate of drug-likeness (QED) is 0.879. The van der Waals surface area contributed by atoms with Crippen molar-refractivity contribution in [2.45, 2.75) is 26.7 Å². The monoisotopic (exact) mass is 338 g/mol. The fourth-order valence-electron chi connectivity index (χ4n) is 3.35. The molecule has 1 atom stereocenters. The minimum Gasteiger partial charge on any atom is -0.352 e. The highest BCUT2D eigenvalue weighted by atomic mass is 16.1. The van der Waals surface area contributed by atoms with E-state index in [2.05, 4.69) is 50.5 Å². The van der Waals surface area contributed by atoms with Crippen LogP contribution in [0.5, 0.6) is 0 Å². The zero-order valence-electron chi connectivity index (χ0n) is 15.0. The van der Waals surface area contributed by atoms with Crippen molar-refractivity contribution in [1.82, 2.24) is 20.2 Å². The predicted octanol–water partition coefficient (Wildman–Crippen LogP) is 2.39. The smallest absolute Gasteiger partial charge is 0.254 e. The Labute approximate surface area is 149 Å². The van der Waals surface area contributed by atoms with Crippen LogP contribution in [0, 0.1) is 19.8 Å². The summed E-state index contributed by atoms with van der Waals surface area (Å²) in [6, 6.07) is 10.6. The number of amides is 1. The second kappa shape index (κ2) is 8.21. The molecule has 132 valence electrons. The van der Waals surface area contributed by atoms with Crippen molar-refractivity contribution in [1.29, 1.82) is 0 Å². The summed E-state index contributed by atoms with van der Waals surface area (Å²) in [5.74, 6) is 1.14. The van der Waals surface area contributed by atoms with Crippen LogP contribution in [0.2, 0.25) is 0 Å². The summed E-state index contributed by atoms with van der Waals surface area (Å²) in [4.78, 5) is 23.2. The molecule has 0 saturated carbocycles. The van der Waals surface area contributed by atoms with Crippen LogP contribution in [-0.4, -0.2) is 47.0 Å². The summed E-state index contributed by atoms with van der Waals surface area (Å²) in [7, 11) is 0. The molecule has 0 radical (unpaired) electrons. The second-order valence-corrected chi connectivity index (χ2v) is 6.82. The lowest BCUT2D eigenvalue weighted by Gasteiger charge is -2.16. The molecule has 0 spiro atoms. The normalized spacial score (nSPS) is 17.6. The number of rotatable bonds is 6. The highest BCUT2D eigenvalue weighted by molar-refractivity contribution is 5.94. The van der Waals surface area contributed by atoms with Crippen molar-refractivity contribution in [3.05, 3.63) is 59.2 Å². The third-order valence-corrected chi connectivity index (χ3v) is 4.83. The van der Waals surface area contributed by atoms with Crippen LogP contribution in [-0.2, 0) is 6.42 Å². The zero-order chi connectivity index (χ0) is 17.6. The van der Waals surface area contributed by atoms with Crippen LogP contribution in [0.1, 0.15) is 33.9 Å². The average molecular weight is 338 g/mol. The van der Waals surface area contributed by atoms with Gasteiger partial charge in [-0.3, -0.25) is 4.79 Å². The fraction of sp³-hybridized carbons (Fsp3) is 0.450. The lowest BCUT2D eigenvalue weighted by atomic mass is 10.1. The van der Waals surface area contributed by atoms with Crippen LogP contribution < -0.4 is 5.32 Å². The first kappa shape index (κ1) is 17.5. The lowest BCUT2D eigenvalue weighted by molar-refractivity contribution is 0.0946. The van der Waals surface area contributed by atoms with E-state index < -0.39 is 0 Å². The molecule has 1 fully saturated rings. The Balaban J connectivity index is 1.43. The summed E-state index contributed by atoms with van der Waals surface area (Å²) in [6.45, 7) is 7.64. The van der Waals surface area contributed by atoms with Crippen molar-refractivity contribution >= 4 is 5.91 Å². The van der Waals surface area contributed by atoms with Gasteiger partial charge in [-0.15, -0.1) is 0 Å². The van der Waals surface area contributed by atoms with Crippen LogP contribution in [0.4, 0.5) is 0 Å². The van der Waals surface area contributed by atoms with E-state index in [0.717, 1.165) is 38.2 Å². The van der Waals surface area contributed by atoms with E-state index in [1.807, 2.05) is 13.8 Å². The minimum absolute atomic E-state index is 0.0692. The van der Waals surface area contributed by atoms with E-state index in [1.54, 1.807) is 6.20 Å². The molecule has 1 saturated heterocycles. The summed E-state index contributed by atoms with van der Waals surface area (Å²) in [5.41, 5.74) is 2.69. The molecule has 1 aromatic carbocycles.